The summed E-state index contributed by atoms with van der Waals surface area (Å²) in [7, 11) is 0. The summed E-state index contributed by atoms with van der Waals surface area (Å²) in [5, 5.41) is 0. The molecule has 0 saturated carbocycles. The molecule has 0 N–H and O–H groups in total. The number of hydrogen-bond donors (Lipinski definition) is 0. The lowest BCUT2D eigenvalue weighted by atomic mass is 10.1. The molecule has 0 spiro atoms. The molecule has 6 heteroatoms. The summed E-state index contributed by atoms with van der Waals surface area (Å²) in [5.74, 6) is 1.11. The summed E-state index contributed by atoms with van der Waals surface area (Å²) in [4.78, 5) is -1.02. The number of halogens is 4. The minimum Gasteiger partial charge on any atom is -0.490 e. The lowest BCUT2D eigenvalue weighted by Crippen LogP contribution is -2.03. The molecule has 1 aromatic carbocycles. The van der Waals surface area contributed by atoms with Gasteiger partial charge in [-0.15, -0.1) is 0 Å². The SMILES string of the molecule is FC(F)C(Br)c1cc2c(cc1Br)OCCCO2. The average molecular weight is 372 g/mol. The number of hydrogen-bond acceptors (Lipinski definition) is 2. The molecule has 1 heterocycles. The first-order valence-electron chi connectivity index (χ1n) is 5.11. The van der Waals surface area contributed by atoms with Crippen molar-refractivity contribution in [3.05, 3.63) is 22.2 Å². The molecule has 0 aromatic heterocycles. The second kappa shape index (κ2) is 5.52. The van der Waals surface area contributed by atoms with Gasteiger partial charge in [-0.25, -0.2) is 8.78 Å². The van der Waals surface area contributed by atoms with Crippen molar-refractivity contribution in [1.29, 1.82) is 0 Å². The van der Waals surface area contributed by atoms with Gasteiger partial charge in [0.15, 0.2) is 11.5 Å². The topological polar surface area (TPSA) is 18.5 Å². The molecule has 1 atom stereocenters. The van der Waals surface area contributed by atoms with Crippen LogP contribution in [0.15, 0.2) is 16.6 Å². The fourth-order valence-corrected chi connectivity index (χ4v) is 2.80. The fraction of sp³-hybridized carbons (Fsp3) is 0.455. The van der Waals surface area contributed by atoms with Crippen LogP contribution < -0.4 is 9.47 Å². The summed E-state index contributed by atoms with van der Waals surface area (Å²) >= 11 is 6.24. The van der Waals surface area contributed by atoms with E-state index in [4.69, 9.17) is 9.47 Å². The zero-order chi connectivity index (χ0) is 12.4. The first-order valence-corrected chi connectivity index (χ1v) is 6.81. The van der Waals surface area contributed by atoms with E-state index in [1.165, 1.54) is 0 Å². The second-order valence-corrected chi connectivity index (χ2v) is 5.45. The van der Waals surface area contributed by atoms with Crippen LogP contribution in [0.2, 0.25) is 0 Å². The van der Waals surface area contributed by atoms with Crippen LogP contribution in [0.3, 0.4) is 0 Å². The zero-order valence-electron chi connectivity index (χ0n) is 8.76. The molecule has 17 heavy (non-hydrogen) atoms. The van der Waals surface area contributed by atoms with E-state index < -0.39 is 11.3 Å². The van der Waals surface area contributed by atoms with Gasteiger partial charge in [0.05, 0.1) is 13.2 Å². The molecule has 0 amide bonds. The summed E-state index contributed by atoms with van der Waals surface area (Å²) in [6.45, 7) is 1.11. The van der Waals surface area contributed by atoms with E-state index in [0.29, 0.717) is 34.7 Å². The van der Waals surface area contributed by atoms with E-state index in [0.717, 1.165) is 6.42 Å². The molecule has 0 radical (unpaired) electrons. The molecule has 1 aromatic rings. The van der Waals surface area contributed by atoms with Crippen molar-refractivity contribution in [2.75, 3.05) is 13.2 Å². The summed E-state index contributed by atoms with van der Waals surface area (Å²) in [6, 6.07) is 3.27. The van der Waals surface area contributed by atoms with Crippen molar-refractivity contribution in [3.63, 3.8) is 0 Å². The summed E-state index contributed by atoms with van der Waals surface area (Å²) in [5.41, 5.74) is 0.462. The van der Waals surface area contributed by atoms with Crippen LogP contribution in [0.25, 0.3) is 0 Å². The van der Waals surface area contributed by atoms with Gasteiger partial charge in [-0.1, -0.05) is 31.9 Å². The molecule has 94 valence electrons. The van der Waals surface area contributed by atoms with Crippen molar-refractivity contribution >= 4 is 31.9 Å². The number of fused-ring (bicyclic) bond motifs is 1. The van der Waals surface area contributed by atoms with Gasteiger partial charge >= 0.3 is 0 Å². The first kappa shape index (κ1) is 13.1. The van der Waals surface area contributed by atoms with Crippen LogP contribution in [0.1, 0.15) is 16.8 Å². The summed E-state index contributed by atoms with van der Waals surface area (Å²) < 4.78 is 36.8. The highest BCUT2D eigenvalue weighted by molar-refractivity contribution is 9.11. The molecule has 0 aliphatic carbocycles. The largest absolute Gasteiger partial charge is 0.490 e. The number of alkyl halides is 3. The van der Waals surface area contributed by atoms with Crippen LogP contribution in [-0.4, -0.2) is 19.6 Å². The third kappa shape index (κ3) is 2.91. The predicted octanol–water partition coefficient (Wildman–Crippen LogP) is 4.31. The van der Waals surface area contributed by atoms with Gasteiger partial charge in [0.25, 0.3) is 6.43 Å². The van der Waals surface area contributed by atoms with Gasteiger partial charge in [-0.3, -0.25) is 0 Å². The standard InChI is InChI=1S/C11H10Br2F2O2/c12-7-5-9-8(16-2-1-3-17-9)4-6(7)10(13)11(14)15/h4-5,10-11H,1-3H2. The Balaban J connectivity index is 2.38. The van der Waals surface area contributed by atoms with E-state index in [2.05, 4.69) is 31.9 Å². The van der Waals surface area contributed by atoms with Crippen molar-refractivity contribution in [3.8, 4) is 11.5 Å². The third-order valence-corrected chi connectivity index (χ3v) is 3.96. The zero-order valence-corrected chi connectivity index (χ0v) is 11.9. The Labute approximate surface area is 115 Å². The van der Waals surface area contributed by atoms with Crippen LogP contribution in [0.5, 0.6) is 11.5 Å². The van der Waals surface area contributed by atoms with E-state index in [-0.39, 0.29) is 0 Å². The van der Waals surface area contributed by atoms with E-state index in [1.54, 1.807) is 12.1 Å². The van der Waals surface area contributed by atoms with E-state index in [9.17, 15) is 8.78 Å². The Morgan fingerprint density at radius 1 is 1.12 bits per heavy atom. The molecule has 1 aliphatic heterocycles. The maximum atomic E-state index is 12.7. The molecule has 1 unspecified atom stereocenters. The van der Waals surface area contributed by atoms with Crippen molar-refractivity contribution in [1.82, 2.24) is 0 Å². The Morgan fingerprint density at radius 3 is 2.29 bits per heavy atom. The molecule has 2 rings (SSSR count). The average Bonchev–Trinajstić information content (AvgIpc) is 2.51. The maximum absolute atomic E-state index is 12.7. The van der Waals surface area contributed by atoms with Gasteiger partial charge < -0.3 is 9.47 Å². The predicted molar refractivity (Wildman–Crippen MR) is 67.4 cm³/mol. The normalized spacial score (nSPS) is 16.8. The lowest BCUT2D eigenvalue weighted by Gasteiger charge is -2.15. The van der Waals surface area contributed by atoms with Crippen LogP contribution in [0, 0.1) is 0 Å². The highest BCUT2D eigenvalue weighted by Crippen LogP contribution is 2.41. The van der Waals surface area contributed by atoms with E-state index >= 15 is 0 Å². The number of benzene rings is 1. The molecule has 2 nitrogen and oxygen atoms in total. The lowest BCUT2D eigenvalue weighted by molar-refractivity contribution is 0.147. The number of ether oxygens (including phenoxy) is 2. The van der Waals surface area contributed by atoms with E-state index in [1.807, 2.05) is 0 Å². The van der Waals surface area contributed by atoms with Crippen molar-refractivity contribution in [2.45, 2.75) is 17.7 Å². The molecule has 1 aliphatic rings. The number of rotatable bonds is 2. The van der Waals surface area contributed by atoms with Gasteiger partial charge in [0.1, 0.15) is 4.83 Å². The summed E-state index contributed by atoms with van der Waals surface area (Å²) in [6.07, 6.45) is -1.69. The Kier molecular flexibility index (Phi) is 4.25. The minimum absolute atomic E-state index is 0.462. The van der Waals surface area contributed by atoms with Gasteiger partial charge in [-0.2, -0.15) is 0 Å². The second-order valence-electron chi connectivity index (χ2n) is 3.61. The van der Waals surface area contributed by atoms with Gasteiger partial charge in [-0.05, 0) is 17.7 Å². The van der Waals surface area contributed by atoms with Crippen LogP contribution in [-0.2, 0) is 0 Å². The first-order chi connectivity index (χ1) is 8.09. The monoisotopic (exact) mass is 370 g/mol. The van der Waals surface area contributed by atoms with Crippen molar-refractivity contribution in [2.24, 2.45) is 0 Å². The van der Waals surface area contributed by atoms with Crippen molar-refractivity contribution < 1.29 is 18.3 Å². The maximum Gasteiger partial charge on any atom is 0.255 e. The van der Waals surface area contributed by atoms with Crippen LogP contribution in [0.4, 0.5) is 8.78 Å². The molecular weight excluding hydrogens is 362 g/mol. The smallest absolute Gasteiger partial charge is 0.255 e. The van der Waals surface area contributed by atoms with Crippen LogP contribution >= 0.6 is 31.9 Å². The molecule has 0 saturated heterocycles. The van der Waals surface area contributed by atoms with Gasteiger partial charge in [0.2, 0.25) is 0 Å². The van der Waals surface area contributed by atoms with Gasteiger partial charge in [0, 0.05) is 10.9 Å². The highest BCUT2D eigenvalue weighted by atomic mass is 79.9. The molecule has 0 bridgehead atoms. The minimum atomic E-state index is -2.48. The third-order valence-electron chi connectivity index (χ3n) is 2.39. The Hall–Kier alpha value is -0.360. The Morgan fingerprint density at radius 2 is 1.71 bits per heavy atom. The fourth-order valence-electron chi connectivity index (χ4n) is 1.55. The molecular formula is C11H10Br2F2O2. The highest BCUT2D eigenvalue weighted by Gasteiger charge is 2.24. The Bertz CT molecular complexity index is 413. The quantitative estimate of drug-likeness (QED) is 0.721. The molecule has 0 fully saturated rings.